The van der Waals surface area contributed by atoms with E-state index in [0.29, 0.717) is 12.2 Å². The second kappa shape index (κ2) is 6.33. The Labute approximate surface area is 110 Å². The van der Waals surface area contributed by atoms with Gasteiger partial charge in [-0.3, -0.25) is 4.79 Å². The Morgan fingerprint density at radius 1 is 1.58 bits per heavy atom. The molecule has 2 rings (SSSR count). The van der Waals surface area contributed by atoms with E-state index in [1.54, 1.807) is 6.20 Å². The number of carboxylic acid groups (broad SMARTS) is 1. The molecular weight excluding hydrogens is 248 g/mol. The molecule has 19 heavy (non-hydrogen) atoms. The summed E-state index contributed by atoms with van der Waals surface area (Å²) < 4.78 is 0. The lowest BCUT2D eigenvalue weighted by molar-refractivity contribution is -0.142. The summed E-state index contributed by atoms with van der Waals surface area (Å²) in [6.45, 7) is 1.53. The predicted molar refractivity (Wildman–Crippen MR) is 67.5 cm³/mol. The van der Waals surface area contributed by atoms with Gasteiger partial charge in [0.1, 0.15) is 6.04 Å². The highest BCUT2D eigenvalue weighted by atomic mass is 16.4. The van der Waals surface area contributed by atoms with Gasteiger partial charge < -0.3 is 20.7 Å². The molecular formula is C12H18N4O3. The molecule has 4 N–H and O–H groups in total. The number of hydrogen-bond donors (Lipinski definition) is 4. The van der Waals surface area contributed by atoms with Crippen molar-refractivity contribution in [1.82, 2.24) is 20.6 Å². The van der Waals surface area contributed by atoms with Crippen molar-refractivity contribution in [2.75, 3.05) is 13.1 Å². The van der Waals surface area contributed by atoms with E-state index in [0.717, 1.165) is 19.4 Å². The lowest BCUT2D eigenvalue weighted by atomic mass is 9.98. The van der Waals surface area contributed by atoms with Gasteiger partial charge >= 0.3 is 5.97 Å². The van der Waals surface area contributed by atoms with Gasteiger partial charge in [-0.15, -0.1) is 0 Å². The van der Waals surface area contributed by atoms with Crippen LogP contribution in [0.25, 0.3) is 0 Å². The zero-order valence-corrected chi connectivity index (χ0v) is 10.6. The van der Waals surface area contributed by atoms with Crippen molar-refractivity contribution in [2.45, 2.75) is 25.3 Å². The van der Waals surface area contributed by atoms with Crippen LogP contribution in [0.1, 0.15) is 18.5 Å². The minimum Gasteiger partial charge on any atom is -0.480 e. The SMILES string of the molecule is O=C(N[C@@H](Cc1cnc[nH]1)C(=O)O)[C@H]1CCCNC1. The van der Waals surface area contributed by atoms with E-state index in [1.807, 2.05) is 0 Å². The van der Waals surface area contributed by atoms with Gasteiger partial charge in [0, 0.05) is 24.9 Å². The molecule has 7 nitrogen and oxygen atoms in total. The van der Waals surface area contributed by atoms with Crippen molar-refractivity contribution in [3.8, 4) is 0 Å². The molecule has 2 heterocycles. The fourth-order valence-electron chi connectivity index (χ4n) is 2.18. The van der Waals surface area contributed by atoms with Crippen LogP contribution in [0, 0.1) is 5.92 Å². The number of amides is 1. The molecule has 1 amide bonds. The van der Waals surface area contributed by atoms with Crippen LogP contribution in [-0.2, 0) is 16.0 Å². The number of piperidine rings is 1. The first-order chi connectivity index (χ1) is 9.16. The highest BCUT2D eigenvalue weighted by Gasteiger charge is 2.26. The average molecular weight is 266 g/mol. The van der Waals surface area contributed by atoms with E-state index in [1.165, 1.54) is 6.33 Å². The van der Waals surface area contributed by atoms with E-state index in [4.69, 9.17) is 5.11 Å². The third kappa shape index (κ3) is 3.78. The highest BCUT2D eigenvalue weighted by Crippen LogP contribution is 2.10. The van der Waals surface area contributed by atoms with Crippen LogP contribution in [0.15, 0.2) is 12.5 Å². The molecule has 0 radical (unpaired) electrons. The second-order valence-corrected chi connectivity index (χ2v) is 4.72. The monoisotopic (exact) mass is 266 g/mol. The molecule has 104 valence electrons. The number of rotatable bonds is 5. The van der Waals surface area contributed by atoms with Crippen molar-refractivity contribution in [3.63, 3.8) is 0 Å². The molecule has 1 aliphatic heterocycles. The lowest BCUT2D eigenvalue weighted by Gasteiger charge is -2.23. The number of carboxylic acids is 1. The van der Waals surface area contributed by atoms with Gasteiger partial charge in [0.05, 0.1) is 12.2 Å². The van der Waals surface area contributed by atoms with E-state index < -0.39 is 12.0 Å². The third-order valence-electron chi connectivity index (χ3n) is 3.26. The first-order valence-corrected chi connectivity index (χ1v) is 6.38. The van der Waals surface area contributed by atoms with Crippen molar-refractivity contribution in [1.29, 1.82) is 0 Å². The van der Waals surface area contributed by atoms with Gasteiger partial charge in [-0.05, 0) is 19.4 Å². The Hall–Kier alpha value is -1.89. The van der Waals surface area contributed by atoms with Crippen molar-refractivity contribution in [3.05, 3.63) is 18.2 Å². The molecule has 0 aliphatic carbocycles. The molecule has 0 unspecified atom stereocenters. The maximum Gasteiger partial charge on any atom is 0.326 e. The molecule has 1 fully saturated rings. The predicted octanol–water partition coefficient (Wildman–Crippen LogP) is -0.479. The summed E-state index contributed by atoms with van der Waals surface area (Å²) >= 11 is 0. The summed E-state index contributed by atoms with van der Waals surface area (Å²) in [6, 6.07) is -0.921. The van der Waals surface area contributed by atoms with Crippen LogP contribution in [-0.4, -0.2) is 46.1 Å². The zero-order valence-electron chi connectivity index (χ0n) is 10.6. The van der Waals surface area contributed by atoms with E-state index >= 15 is 0 Å². The summed E-state index contributed by atoms with van der Waals surface area (Å²) in [6.07, 6.45) is 5.00. The van der Waals surface area contributed by atoms with Crippen molar-refractivity contribution >= 4 is 11.9 Å². The fraction of sp³-hybridized carbons (Fsp3) is 0.583. The highest BCUT2D eigenvalue weighted by molar-refractivity contribution is 5.85. The minimum absolute atomic E-state index is 0.141. The van der Waals surface area contributed by atoms with Crippen LogP contribution in [0.3, 0.4) is 0 Å². The number of aliphatic carboxylic acids is 1. The number of aromatic amines is 1. The van der Waals surface area contributed by atoms with E-state index in [2.05, 4.69) is 20.6 Å². The zero-order chi connectivity index (χ0) is 13.7. The molecule has 1 aromatic rings. The molecule has 0 aromatic carbocycles. The molecule has 0 saturated carbocycles. The number of nitrogens with zero attached hydrogens (tertiary/aromatic N) is 1. The number of aromatic nitrogens is 2. The molecule has 1 saturated heterocycles. The second-order valence-electron chi connectivity index (χ2n) is 4.72. The van der Waals surface area contributed by atoms with Gasteiger partial charge in [-0.25, -0.2) is 9.78 Å². The number of carbonyl (C=O) groups is 2. The Morgan fingerprint density at radius 2 is 2.42 bits per heavy atom. The summed E-state index contributed by atoms with van der Waals surface area (Å²) in [5.41, 5.74) is 0.689. The van der Waals surface area contributed by atoms with Gasteiger partial charge in [0.25, 0.3) is 0 Å². The Kier molecular flexibility index (Phi) is 4.51. The van der Waals surface area contributed by atoms with E-state index in [-0.39, 0.29) is 18.2 Å². The number of H-pyrrole nitrogens is 1. The van der Waals surface area contributed by atoms with Crippen LogP contribution in [0.5, 0.6) is 0 Å². The largest absolute Gasteiger partial charge is 0.480 e. The van der Waals surface area contributed by atoms with Gasteiger partial charge in [0.15, 0.2) is 0 Å². The number of carbonyl (C=O) groups excluding carboxylic acids is 1. The van der Waals surface area contributed by atoms with Crippen LogP contribution in [0.4, 0.5) is 0 Å². The Bertz CT molecular complexity index is 426. The van der Waals surface area contributed by atoms with Crippen molar-refractivity contribution in [2.24, 2.45) is 5.92 Å². The molecule has 0 bridgehead atoms. The average Bonchev–Trinajstić information content (AvgIpc) is 2.91. The molecule has 2 atom stereocenters. The van der Waals surface area contributed by atoms with Crippen LogP contribution < -0.4 is 10.6 Å². The lowest BCUT2D eigenvalue weighted by Crippen LogP contribution is -2.48. The Balaban J connectivity index is 1.92. The van der Waals surface area contributed by atoms with Gasteiger partial charge in [-0.2, -0.15) is 0 Å². The number of nitrogens with one attached hydrogen (secondary N) is 3. The maximum atomic E-state index is 12.0. The number of imidazole rings is 1. The maximum absolute atomic E-state index is 12.0. The van der Waals surface area contributed by atoms with Crippen molar-refractivity contribution < 1.29 is 14.7 Å². The minimum atomic E-state index is -1.04. The quantitative estimate of drug-likeness (QED) is 0.576. The fourth-order valence-corrected chi connectivity index (χ4v) is 2.18. The van der Waals surface area contributed by atoms with Crippen LogP contribution >= 0.6 is 0 Å². The summed E-state index contributed by atoms with van der Waals surface area (Å²) in [4.78, 5) is 29.9. The Morgan fingerprint density at radius 3 is 3.00 bits per heavy atom. The smallest absolute Gasteiger partial charge is 0.326 e. The molecule has 7 heteroatoms. The summed E-state index contributed by atoms with van der Waals surface area (Å²) in [5.74, 6) is -1.37. The molecule has 1 aliphatic rings. The third-order valence-corrected chi connectivity index (χ3v) is 3.26. The van der Waals surface area contributed by atoms with Gasteiger partial charge in [-0.1, -0.05) is 0 Å². The van der Waals surface area contributed by atoms with E-state index in [9.17, 15) is 9.59 Å². The van der Waals surface area contributed by atoms with Crippen LogP contribution in [0.2, 0.25) is 0 Å². The topological polar surface area (TPSA) is 107 Å². The summed E-state index contributed by atoms with van der Waals surface area (Å²) in [7, 11) is 0. The molecule has 1 aromatic heterocycles. The van der Waals surface area contributed by atoms with Gasteiger partial charge in [0.2, 0.25) is 5.91 Å². The summed E-state index contributed by atoms with van der Waals surface area (Å²) in [5, 5.41) is 14.9. The first kappa shape index (κ1) is 13.5. The number of hydrogen-bond acceptors (Lipinski definition) is 4. The first-order valence-electron chi connectivity index (χ1n) is 6.38. The normalized spacial score (nSPS) is 20.7. The standard InChI is InChI=1S/C12H18N4O3/c17-11(8-2-1-3-13-5-8)16-10(12(18)19)4-9-6-14-7-15-9/h6-8,10,13H,1-5H2,(H,14,15)(H,16,17)(H,18,19)/t8-,10-/m0/s1. The molecule has 0 spiro atoms.